The summed E-state index contributed by atoms with van der Waals surface area (Å²) in [7, 11) is 1.98. The first kappa shape index (κ1) is 19.4. The number of carbonyl (C=O) groups is 2. The smallest absolute Gasteiger partial charge is 0.237 e. The lowest BCUT2D eigenvalue weighted by Gasteiger charge is -2.58. The van der Waals surface area contributed by atoms with E-state index in [1.165, 1.54) is 77.0 Å². The van der Waals surface area contributed by atoms with Crippen LogP contribution in [0.15, 0.2) is 0 Å². The number of likely N-dealkylation sites (tertiary alicyclic amines) is 1. The molecule has 1 heterocycles. The number of rotatable bonds is 4. The zero-order valence-corrected chi connectivity index (χ0v) is 19.1. The Morgan fingerprint density at radius 2 is 0.871 bits per heavy atom. The van der Waals surface area contributed by atoms with Gasteiger partial charge in [-0.15, -0.1) is 0 Å². The Kier molecular flexibility index (Phi) is 4.05. The number of likely N-dealkylation sites (N-methyl/N-ethyl adjacent to an activating group) is 1. The molecule has 0 aromatic heterocycles. The van der Waals surface area contributed by atoms with Crippen LogP contribution in [-0.4, -0.2) is 46.9 Å². The fraction of sp³-hybridized carbons (Fsp3) is 0.923. The predicted molar refractivity (Wildman–Crippen MR) is 118 cm³/mol. The second-order valence-electron chi connectivity index (χ2n) is 13.3. The second kappa shape index (κ2) is 6.48. The molecule has 9 aliphatic rings. The molecule has 2 N–H and O–H groups in total. The summed E-state index contributed by atoms with van der Waals surface area (Å²) in [5.74, 6) is 5.39. The van der Waals surface area contributed by atoms with Gasteiger partial charge in [-0.25, -0.2) is 0 Å². The average Bonchev–Trinajstić information content (AvgIpc) is 2.63. The summed E-state index contributed by atoms with van der Waals surface area (Å²) in [4.78, 5) is 28.5. The molecule has 0 aromatic rings. The van der Waals surface area contributed by atoms with Gasteiger partial charge in [-0.05, 0) is 126 Å². The fourth-order valence-electron chi connectivity index (χ4n) is 10.4. The lowest BCUT2D eigenvalue weighted by Crippen LogP contribution is -2.70. The summed E-state index contributed by atoms with van der Waals surface area (Å²) < 4.78 is 0. The monoisotopic (exact) mass is 425 g/mol. The molecule has 8 saturated carbocycles. The van der Waals surface area contributed by atoms with Crippen molar-refractivity contribution < 1.29 is 9.59 Å². The average molecular weight is 426 g/mol. The summed E-state index contributed by atoms with van der Waals surface area (Å²) in [6.07, 6.45) is 16.2. The van der Waals surface area contributed by atoms with Gasteiger partial charge in [0.1, 0.15) is 0 Å². The van der Waals surface area contributed by atoms with Crippen molar-refractivity contribution in [3.63, 3.8) is 0 Å². The Morgan fingerprint density at radius 1 is 0.581 bits per heavy atom. The van der Waals surface area contributed by atoms with Crippen LogP contribution in [0.25, 0.3) is 0 Å². The van der Waals surface area contributed by atoms with Crippen molar-refractivity contribution in [2.75, 3.05) is 7.05 Å². The Bertz CT molecular complexity index is 672. The molecule has 1 saturated heterocycles. The number of hydrogen-bond acceptors (Lipinski definition) is 3. The van der Waals surface area contributed by atoms with E-state index in [9.17, 15) is 9.59 Å². The molecule has 1 aliphatic heterocycles. The molecule has 2 atom stereocenters. The quantitative estimate of drug-likeness (QED) is 0.727. The van der Waals surface area contributed by atoms with E-state index in [0.717, 1.165) is 35.5 Å². The highest BCUT2D eigenvalue weighted by molar-refractivity contribution is 5.90. The van der Waals surface area contributed by atoms with E-state index in [2.05, 4.69) is 10.6 Å². The van der Waals surface area contributed by atoms with Gasteiger partial charge < -0.3 is 10.6 Å². The molecule has 9 fully saturated rings. The molecule has 0 aromatic carbocycles. The summed E-state index contributed by atoms with van der Waals surface area (Å²) in [6, 6.07) is -0.250. The molecule has 170 valence electrons. The van der Waals surface area contributed by atoms with Crippen LogP contribution in [0.1, 0.15) is 83.5 Å². The van der Waals surface area contributed by atoms with Gasteiger partial charge in [-0.3, -0.25) is 14.5 Å². The largest absolute Gasteiger partial charge is 0.349 e. The van der Waals surface area contributed by atoms with Gasteiger partial charge in [0.2, 0.25) is 11.8 Å². The van der Waals surface area contributed by atoms with Gasteiger partial charge in [0.05, 0.1) is 12.1 Å². The van der Waals surface area contributed by atoms with Gasteiger partial charge in [0.15, 0.2) is 0 Å². The van der Waals surface area contributed by atoms with Crippen molar-refractivity contribution in [3.8, 4) is 0 Å². The highest BCUT2D eigenvalue weighted by Crippen LogP contribution is 2.57. The first-order valence-electron chi connectivity index (χ1n) is 13.2. The minimum atomic E-state index is -0.125. The van der Waals surface area contributed by atoms with E-state index in [4.69, 9.17) is 0 Å². The maximum atomic E-state index is 13.2. The zero-order valence-electron chi connectivity index (χ0n) is 19.1. The number of carbonyl (C=O) groups excluding carboxylic acids is 2. The van der Waals surface area contributed by atoms with Crippen molar-refractivity contribution in [2.45, 2.75) is 107 Å². The number of nitrogens with one attached hydrogen (secondary N) is 2. The molecule has 2 unspecified atom stereocenters. The SMILES string of the molecule is CN1C(C(=O)NC23CC4CC(CC(C4)C2)C3)CC1C(=O)NC12CC3CC(CC(C3)C1)C2. The molecule has 2 amide bonds. The third-order valence-electron chi connectivity index (χ3n) is 10.9. The highest BCUT2D eigenvalue weighted by atomic mass is 16.2. The molecular formula is C26H39N3O2. The molecule has 8 bridgehead atoms. The van der Waals surface area contributed by atoms with Crippen LogP contribution >= 0.6 is 0 Å². The summed E-state index contributed by atoms with van der Waals surface area (Å²) in [5, 5.41) is 7.06. The van der Waals surface area contributed by atoms with E-state index >= 15 is 0 Å². The standard InChI is InChI=1S/C26H39N3O2/c1-29-21(23(30)27-25-9-15-2-16(10-25)4-17(3-15)11-25)8-22(29)24(31)28-26-12-18-5-19(13-26)7-20(6-18)14-26/h15-22H,2-14H2,1H3,(H,27,30)(H,28,31). The number of nitrogens with zero attached hydrogens (tertiary/aromatic N) is 1. The minimum Gasteiger partial charge on any atom is -0.349 e. The lowest BCUT2D eigenvalue weighted by molar-refractivity contribution is -0.147. The van der Waals surface area contributed by atoms with Crippen molar-refractivity contribution in [2.24, 2.45) is 35.5 Å². The van der Waals surface area contributed by atoms with Gasteiger partial charge in [-0.2, -0.15) is 0 Å². The van der Waals surface area contributed by atoms with E-state index in [-0.39, 0.29) is 35.0 Å². The molecule has 8 aliphatic carbocycles. The van der Waals surface area contributed by atoms with Crippen LogP contribution in [0.4, 0.5) is 0 Å². The van der Waals surface area contributed by atoms with Crippen LogP contribution in [0, 0.1) is 35.5 Å². The van der Waals surface area contributed by atoms with Gasteiger partial charge in [0, 0.05) is 11.1 Å². The highest BCUT2D eigenvalue weighted by Gasteiger charge is 2.55. The van der Waals surface area contributed by atoms with Crippen LogP contribution in [0.3, 0.4) is 0 Å². The van der Waals surface area contributed by atoms with E-state index in [1.807, 2.05) is 11.9 Å². The van der Waals surface area contributed by atoms with Gasteiger partial charge in [0.25, 0.3) is 0 Å². The molecule has 0 radical (unpaired) electrons. The minimum absolute atomic E-state index is 0.0687. The molecular weight excluding hydrogens is 386 g/mol. The Hall–Kier alpha value is -1.10. The summed E-state index contributed by atoms with van der Waals surface area (Å²) in [6.45, 7) is 0. The second-order valence-corrected chi connectivity index (χ2v) is 13.3. The van der Waals surface area contributed by atoms with Crippen LogP contribution in [0.2, 0.25) is 0 Å². The Morgan fingerprint density at radius 3 is 1.13 bits per heavy atom. The molecule has 5 nitrogen and oxygen atoms in total. The fourth-order valence-corrected chi connectivity index (χ4v) is 10.4. The van der Waals surface area contributed by atoms with Crippen molar-refractivity contribution in [3.05, 3.63) is 0 Å². The van der Waals surface area contributed by atoms with E-state index in [0.29, 0.717) is 6.42 Å². The van der Waals surface area contributed by atoms with Crippen LogP contribution in [-0.2, 0) is 9.59 Å². The number of hydrogen-bond donors (Lipinski definition) is 2. The normalized spacial score (nSPS) is 54.0. The van der Waals surface area contributed by atoms with E-state index in [1.54, 1.807) is 0 Å². The summed E-state index contributed by atoms with van der Waals surface area (Å²) in [5.41, 5.74) is 0.137. The lowest BCUT2D eigenvalue weighted by atomic mass is 9.53. The molecule has 9 rings (SSSR count). The molecule has 0 spiro atoms. The predicted octanol–water partition coefficient (Wildman–Crippen LogP) is 3.23. The zero-order chi connectivity index (χ0) is 21.0. The molecule has 31 heavy (non-hydrogen) atoms. The van der Waals surface area contributed by atoms with Crippen LogP contribution < -0.4 is 10.6 Å². The maximum Gasteiger partial charge on any atom is 0.237 e. The van der Waals surface area contributed by atoms with Crippen molar-refractivity contribution >= 4 is 11.8 Å². The third-order valence-corrected chi connectivity index (χ3v) is 10.9. The van der Waals surface area contributed by atoms with Crippen molar-refractivity contribution in [1.29, 1.82) is 0 Å². The van der Waals surface area contributed by atoms with Crippen molar-refractivity contribution in [1.82, 2.24) is 15.5 Å². The first-order chi connectivity index (χ1) is 14.9. The Balaban J connectivity index is 0.978. The van der Waals surface area contributed by atoms with E-state index < -0.39 is 0 Å². The summed E-state index contributed by atoms with van der Waals surface area (Å²) >= 11 is 0. The van der Waals surface area contributed by atoms with Crippen LogP contribution in [0.5, 0.6) is 0 Å². The topological polar surface area (TPSA) is 61.4 Å². The Labute approximate surface area is 186 Å². The maximum absolute atomic E-state index is 13.2. The van der Waals surface area contributed by atoms with Gasteiger partial charge in [-0.1, -0.05) is 0 Å². The third kappa shape index (κ3) is 3.04. The van der Waals surface area contributed by atoms with Gasteiger partial charge >= 0.3 is 0 Å². The number of amides is 2. The molecule has 5 heteroatoms. The first-order valence-corrected chi connectivity index (χ1v) is 13.2.